The van der Waals surface area contributed by atoms with Crippen molar-refractivity contribution >= 4 is 8.60 Å². The lowest BCUT2D eigenvalue weighted by molar-refractivity contribution is -0.929. The number of quaternary nitrogens is 1. The summed E-state index contributed by atoms with van der Waals surface area (Å²) >= 11 is 0. The van der Waals surface area contributed by atoms with Gasteiger partial charge in [0.25, 0.3) is 0 Å². The monoisotopic (exact) mass is 324 g/mol. The van der Waals surface area contributed by atoms with Gasteiger partial charge in [0.2, 0.25) is 0 Å². The summed E-state index contributed by atoms with van der Waals surface area (Å²) in [6.07, 6.45) is 11.1. The second-order valence-corrected chi connectivity index (χ2v) is 6.46. The molecule has 0 atom stereocenters. The molecule has 0 spiro atoms. The molecule has 4 nitrogen and oxygen atoms in total. The van der Waals surface area contributed by atoms with E-state index in [2.05, 4.69) is 27.7 Å². The van der Waals surface area contributed by atoms with Crippen molar-refractivity contribution in [1.29, 1.82) is 0 Å². The minimum absolute atomic E-state index is 1.35. The maximum absolute atomic E-state index is 7.23. The van der Waals surface area contributed by atoms with Gasteiger partial charge in [0.1, 0.15) is 0 Å². The molecule has 21 heavy (non-hydrogen) atoms. The normalized spacial score (nSPS) is 11.4. The SMILES string of the molecule is CCCC[N+](CCCC)(CCCC)CCCC.OP(O)O. The summed E-state index contributed by atoms with van der Waals surface area (Å²) in [4.78, 5) is 21.7. The van der Waals surface area contributed by atoms with E-state index < -0.39 is 8.60 Å². The number of nitrogens with zero attached hydrogens (tertiary/aromatic N) is 1. The molecule has 0 bridgehead atoms. The van der Waals surface area contributed by atoms with E-state index in [1.807, 2.05) is 0 Å². The second-order valence-electron chi connectivity index (χ2n) is 5.92. The van der Waals surface area contributed by atoms with Crippen molar-refractivity contribution in [2.24, 2.45) is 0 Å². The molecule has 0 radical (unpaired) electrons. The number of hydrogen-bond donors (Lipinski definition) is 3. The van der Waals surface area contributed by atoms with Crippen molar-refractivity contribution in [3.63, 3.8) is 0 Å². The predicted molar refractivity (Wildman–Crippen MR) is 92.9 cm³/mol. The molecule has 0 aliphatic carbocycles. The second kappa shape index (κ2) is 16.6. The van der Waals surface area contributed by atoms with Crippen LogP contribution in [0.5, 0.6) is 0 Å². The third-order valence-corrected chi connectivity index (χ3v) is 3.94. The van der Waals surface area contributed by atoms with E-state index in [1.54, 1.807) is 0 Å². The quantitative estimate of drug-likeness (QED) is 0.372. The van der Waals surface area contributed by atoms with Gasteiger partial charge in [-0.3, -0.25) is 0 Å². The lowest BCUT2D eigenvalue weighted by Gasteiger charge is -2.39. The first-order valence-corrected chi connectivity index (χ1v) is 9.89. The smallest absolute Gasteiger partial charge is 0.324 e. The van der Waals surface area contributed by atoms with E-state index in [9.17, 15) is 0 Å². The van der Waals surface area contributed by atoms with Crippen LogP contribution < -0.4 is 0 Å². The first kappa shape index (κ1) is 23.5. The zero-order valence-corrected chi connectivity index (χ0v) is 15.6. The highest BCUT2D eigenvalue weighted by Crippen LogP contribution is 2.16. The van der Waals surface area contributed by atoms with Gasteiger partial charge in [0.05, 0.1) is 26.2 Å². The molecule has 0 aromatic rings. The Morgan fingerprint density at radius 1 is 0.571 bits per heavy atom. The Hall–Kier alpha value is 0.270. The van der Waals surface area contributed by atoms with Gasteiger partial charge in [0, 0.05) is 0 Å². The van der Waals surface area contributed by atoms with Crippen molar-refractivity contribution in [2.45, 2.75) is 79.1 Å². The van der Waals surface area contributed by atoms with Crippen LogP contribution in [-0.2, 0) is 0 Å². The average molecular weight is 324 g/mol. The van der Waals surface area contributed by atoms with E-state index in [0.29, 0.717) is 0 Å². The number of hydrogen-bond acceptors (Lipinski definition) is 3. The van der Waals surface area contributed by atoms with Crippen molar-refractivity contribution in [3.8, 4) is 0 Å². The Balaban J connectivity index is 0. The fourth-order valence-electron chi connectivity index (χ4n) is 2.64. The van der Waals surface area contributed by atoms with Gasteiger partial charge >= 0.3 is 8.60 Å². The molecule has 0 amide bonds. The van der Waals surface area contributed by atoms with Gasteiger partial charge in [-0.2, -0.15) is 0 Å². The Kier molecular flexibility index (Phi) is 18.6. The number of unbranched alkanes of at least 4 members (excludes halogenated alkanes) is 4. The topological polar surface area (TPSA) is 60.7 Å². The van der Waals surface area contributed by atoms with Gasteiger partial charge in [-0.05, 0) is 25.7 Å². The van der Waals surface area contributed by atoms with Gasteiger partial charge in [-0.25, -0.2) is 0 Å². The summed E-state index contributed by atoms with van der Waals surface area (Å²) in [6, 6.07) is 0. The Labute approximate surface area is 133 Å². The van der Waals surface area contributed by atoms with Crippen molar-refractivity contribution in [2.75, 3.05) is 26.2 Å². The predicted octanol–water partition coefficient (Wildman–Crippen LogP) is 4.19. The summed E-state index contributed by atoms with van der Waals surface area (Å²) in [7, 11) is -2.62. The largest absolute Gasteiger partial charge is 0.328 e. The highest BCUT2D eigenvalue weighted by atomic mass is 31.2. The van der Waals surface area contributed by atoms with Crippen molar-refractivity contribution in [1.82, 2.24) is 0 Å². The summed E-state index contributed by atoms with van der Waals surface area (Å²) < 4.78 is 1.42. The summed E-state index contributed by atoms with van der Waals surface area (Å²) in [5, 5.41) is 0. The van der Waals surface area contributed by atoms with Gasteiger partial charge in [-0.15, -0.1) is 0 Å². The highest BCUT2D eigenvalue weighted by molar-refractivity contribution is 7.38. The maximum atomic E-state index is 7.23. The van der Waals surface area contributed by atoms with Crippen LogP contribution in [0.4, 0.5) is 0 Å². The Morgan fingerprint density at radius 3 is 0.905 bits per heavy atom. The molecule has 3 N–H and O–H groups in total. The lowest BCUT2D eigenvalue weighted by atomic mass is 10.1. The summed E-state index contributed by atoms with van der Waals surface area (Å²) in [5.41, 5.74) is 0. The van der Waals surface area contributed by atoms with Crippen LogP contribution in [0, 0.1) is 0 Å². The molecule has 0 unspecified atom stereocenters. The molecule has 0 aromatic carbocycles. The van der Waals surface area contributed by atoms with E-state index in [1.165, 1.54) is 82.0 Å². The fourth-order valence-corrected chi connectivity index (χ4v) is 2.64. The van der Waals surface area contributed by atoms with Crippen LogP contribution >= 0.6 is 8.60 Å². The van der Waals surface area contributed by atoms with Gasteiger partial charge in [0.15, 0.2) is 0 Å². The fraction of sp³-hybridized carbons (Fsp3) is 1.00. The molecule has 130 valence electrons. The molecular formula is C16H39NO3P+. The molecule has 0 saturated heterocycles. The molecule has 5 heteroatoms. The molecule has 0 aromatic heterocycles. The average Bonchev–Trinajstić information content (AvgIpc) is 2.45. The third kappa shape index (κ3) is 16.5. The standard InChI is InChI=1S/C16H36N.H3O3P/c1-5-9-13-17(14-10-6-2,15-11-7-3)16-12-8-4;1-4(2)3/h5-16H2,1-4H3;1-3H/q+1;. The van der Waals surface area contributed by atoms with Crippen LogP contribution in [0.2, 0.25) is 0 Å². The zero-order chi connectivity index (χ0) is 16.6. The Bertz CT molecular complexity index is 164. The first-order chi connectivity index (χ1) is 9.97. The van der Waals surface area contributed by atoms with E-state index in [-0.39, 0.29) is 0 Å². The molecule has 0 heterocycles. The molecular weight excluding hydrogens is 285 g/mol. The first-order valence-electron chi connectivity index (χ1n) is 8.69. The van der Waals surface area contributed by atoms with E-state index in [0.717, 1.165) is 0 Å². The minimum Gasteiger partial charge on any atom is -0.328 e. The summed E-state index contributed by atoms with van der Waals surface area (Å²) in [5.74, 6) is 0. The van der Waals surface area contributed by atoms with E-state index >= 15 is 0 Å². The van der Waals surface area contributed by atoms with Gasteiger partial charge in [-0.1, -0.05) is 53.4 Å². The van der Waals surface area contributed by atoms with Crippen LogP contribution in [0.25, 0.3) is 0 Å². The molecule has 0 rings (SSSR count). The third-order valence-electron chi connectivity index (χ3n) is 3.94. The van der Waals surface area contributed by atoms with Crippen LogP contribution in [0.3, 0.4) is 0 Å². The van der Waals surface area contributed by atoms with Crippen molar-refractivity contribution in [3.05, 3.63) is 0 Å². The minimum atomic E-state index is -2.62. The molecule has 0 aliphatic rings. The van der Waals surface area contributed by atoms with Crippen LogP contribution in [0.1, 0.15) is 79.1 Å². The Morgan fingerprint density at radius 2 is 0.762 bits per heavy atom. The zero-order valence-electron chi connectivity index (χ0n) is 14.7. The molecule has 0 fully saturated rings. The molecule has 0 aliphatic heterocycles. The maximum Gasteiger partial charge on any atom is 0.324 e. The van der Waals surface area contributed by atoms with Crippen LogP contribution in [0.15, 0.2) is 0 Å². The van der Waals surface area contributed by atoms with Crippen molar-refractivity contribution < 1.29 is 19.2 Å². The highest BCUT2D eigenvalue weighted by Gasteiger charge is 2.24. The van der Waals surface area contributed by atoms with Gasteiger partial charge < -0.3 is 19.2 Å². The molecule has 0 saturated carbocycles. The van der Waals surface area contributed by atoms with Crippen LogP contribution in [-0.4, -0.2) is 45.3 Å². The summed E-state index contributed by atoms with van der Waals surface area (Å²) in [6.45, 7) is 15.0. The van der Waals surface area contributed by atoms with E-state index in [4.69, 9.17) is 14.7 Å². The lowest BCUT2D eigenvalue weighted by Crippen LogP contribution is -2.50. The number of rotatable bonds is 12.